The predicted octanol–water partition coefficient (Wildman–Crippen LogP) is 2.87. The average molecular weight is 275 g/mol. The van der Waals surface area contributed by atoms with E-state index in [0.717, 1.165) is 23.8 Å². The number of piperidine rings is 1. The number of nitrogens with zero attached hydrogens (tertiary/aromatic N) is 2. The van der Waals surface area contributed by atoms with Gasteiger partial charge in [0.15, 0.2) is 0 Å². The van der Waals surface area contributed by atoms with Gasteiger partial charge in [-0.15, -0.1) is 0 Å². The van der Waals surface area contributed by atoms with Crippen LogP contribution in [0.4, 0.5) is 5.82 Å². The van der Waals surface area contributed by atoms with E-state index in [9.17, 15) is 0 Å². The summed E-state index contributed by atoms with van der Waals surface area (Å²) in [5.41, 5.74) is 6.66. The first kappa shape index (κ1) is 12.9. The zero-order valence-corrected chi connectivity index (χ0v) is 12.0. The molecule has 0 aromatic carbocycles. The monoisotopic (exact) mass is 275 g/mol. The van der Waals surface area contributed by atoms with E-state index in [1.807, 2.05) is 12.3 Å². The highest BCUT2D eigenvalue weighted by Crippen LogP contribution is 2.37. The maximum absolute atomic E-state index is 5.73. The van der Waals surface area contributed by atoms with Crippen LogP contribution in [0.2, 0.25) is 0 Å². The Morgan fingerprint density at radius 1 is 1.26 bits per heavy atom. The van der Waals surface area contributed by atoms with Crippen molar-refractivity contribution in [2.75, 3.05) is 11.4 Å². The summed E-state index contributed by atoms with van der Waals surface area (Å²) in [6.07, 6.45) is 9.94. The van der Waals surface area contributed by atoms with Crippen LogP contribution in [0, 0.1) is 5.92 Å². The van der Waals surface area contributed by atoms with Crippen LogP contribution in [0.3, 0.4) is 0 Å². The van der Waals surface area contributed by atoms with Gasteiger partial charge < -0.3 is 10.6 Å². The van der Waals surface area contributed by atoms with Crippen molar-refractivity contribution in [3.63, 3.8) is 0 Å². The summed E-state index contributed by atoms with van der Waals surface area (Å²) >= 11 is 5.07. The van der Waals surface area contributed by atoms with Gasteiger partial charge in [-0.1, -0.05) is 25.1 Å². The molecule has 1 aliphatic carbocycles. The second kappa shape index (κ2) is 5.45. The molecule has 1 aromatic heterocycles. The van der Waals surface area contributed by atoms with Crippen molar-refractivity contribution in [1.29, 1.82) is 0 Å². The standard InChI is InChI=1S/C15H21N3S/c16-15(19)12-7-8-17-14(10-12)18-9-3-5-11-4-1-2-6-13(11)18/h7-8,10-11,13H,1-6,9H2,(H2,16,19). The molecular weight excluding hydrogens is 254 g/mol. The number of hydrogen-bond acceptors (Lipinski definition) is 3. The van der Waals surface area contributed by atoms with Crippen LogP contribution in [0.1, 0.15) is 44.1 Å². The lowest BCUT2D eigenvalue weighted by Crippen LogP contribution is -2.47. The molecule has 2 fully saturated rings. The quantitative estimate of drug-likeness (QED) is 0.843. The Balaban J connectivity index is 1.87. The topological polar surface area (TPSA) is 42.1 Å². The Kier molecular flexibility index (Phi) is 3.69. The number of rotatable bonds is 2. The van der Waals surface area contributed by atoms with Crippen LogP contribution in [-0.2, 0) is 0 Å². The third kappa shape index (κ3) is 2.59. The van der Waals surface area contributed by atoms with E-state index >= 15 is 0 Å². The maximum Gasteiger partial charge on any atom is 0.129 e. The Bertz CT molecular complexity index is 472. The first-order valence-electron chi connectivity index (χ1n) is 7.28. The summed E-state index contributed by atoms with van der Waals surface area (Å²) < 4.78 is 0. The van der Waals surface area contributed by atoms with E-state index in [0.29, 0.717) is 11.0 Å². The fourth-order valence-electron chi connectivity index (χ4n) is 3.64. The minimum atomic E-state index is 0.459. The molecule has 2 atom stereocenters. The minimum absolute atomic E-state index is 0.459. The van der Waals surface area contributed by atoms with Crippen LogP contribution >= 0.6 is 12.2 Å². The number of fused-ring (bicyclic) bond motifs is 1. The highest BCUT2D eigenvalue weighted by Gasteiger charge is 2.33. The lowest BCUT2D eigenvalue weighted by atomic mass is 9.78. The third-order valence-corrected chi connectivity index (χ3v) is 4.80. The van der Waals surface area contributed by atoms with Crippen molar-refractivity contribution >= 4 is 23.0 Å². The van der Waals surface area contributed by atoms with Gasteiger partial charge in [0.1, 0.15) is 10.8 Å². The second-order valence-electron chi connectivity index (χ2n) is 5.71. The van der Waals surface area contributed by atoms with Gasteiger partial charge in [0.25, 0.3) is 0 Å². The molecule has 19 heavy (non-hydrogen) atoms. The lowest BCUT2D eigenvalue weighted by Gasteiger charge is -2.44. The number of pyridine rings is 1. The first-order valence-corrected chi connectivity index (χ1v) is 7.69. The molecule has 1 aromatic rings. The lowest BCUT2D eigenvalue weighted by molar-refractivity contribution is 0.243. The number of anilines is 1. The molecule has 1 saturated heterocycles. The zero-order chi connectivity index (χ0) is 13.2. The molecule has 1 aliphatic heterocycles. The van der Waals surface area contributed by atoms with Gasteiger partial charge in [-0.05, 0) is 43.7 Å². The van der Waals surface area contributed by atoms with Crippen LogP contribution < -0.4 is 10.6 Å². The molecule has 4 heteroatoms. The van der Waals surface area contributed by atoms with Gasteiger partial charge in [0.2, 0.25) is 0 Å². The van der Waals surface area contributed by atoms with Crippen molar-refractivity contribution in [3.8, 4) is 0 Å². The second-order valence-corrected chi connectivity index (χ2v) is 6.15. The van der Waals surface area contributed by atoms with E-state index in [1.54, 1.807) is 0 Å². The summed E-state index contributed by atoms with van der Waals surface area (Å²) in [7, 11) is 0. The molecule has 2 unspecified atom stereocenters. The summed E-state index contributed by atoms with van der Waals surface area (Å²) in [6.45, 7) is 1.12. The van der Waals surface area contributed by atoms with Crippen molar-refractivity contribution in [2.45, 2.75) is 44.6 Å². The summed E-state index contributed by atoms with van der Waals surface area (Å²) in [5, 5.41) is 0. The Morgan fingerprint density at radius 2 is 2.05 bits per heavy atom. The van der Waals surface area contributed by atoms with E-state index in [1.165, 1.54) is 38.5 Å². The van der Waals surface area contributed by atoms with Crippen molar-refractivity contribution < 1.29 is 0 Å². The van der Waals surface area contributed by atoms with Gasteiger partial charge >= 0.3 is 0 Å². The van der Waals surface area contributed by atoms with E-state index in [4.69, 9.17) is 18.0 Å². The Hall–Kier alpha value is -1.16. The highest BCUT2D eigenvalue weighted by molar-refractivity contribution is 7.80. The number of hydrogen-bond donors (Lipinski definition) is 1. The van der Waals surface area contributed by atoms with Crippen LogP contribution in [0.5, 0.6) is 0 Å². The normalized spacial score (nSPS) is 26.8. The molecule has 0 amide bonds. The van der Waals surface area contributed by atoms with E-state index < -0.39 is 0 Å². The molecule has 2 heterocycles. The molecular formula is C15H21N3S. The van der Waals surface area contributed by atoms with Crippen LogP contribution in [-0.4, -0.2) is 22.6 Å². The molecule has 2 N–H and O–H groups in total. The largest absolute Gasteiger partial charge is 0.389 e. The van der Waals surface area contributed by atoms with Crippen LogP contribution in [0.15, 0.2) is 18.3 Å². The zero-order valence-electron chi connectivity index (χ0n) is 11.2. The number of nitrogens with two attached hydrogens (primary N) is 1. The molecule has 2 aliphatic rings. The van der Waals surface area contributed by atoms with Gasteiger partial charge in [-0.3, -0.25) is 0 Å². The SMILES string of the molecule is NC(=S)c1ccnc(N2CCCC3CCCCC32)c1. The summed E-state index contributed by atoms with van der Waals surface area (Å²) in [4.78, 5) is 7.50. The third-order valence-electron chi connectivity index (χ3n) is 4.57. The van der Waals surface area contributed by atoms with Crippen molar-refractivity contribution in [1.82, 2.24) is 4.98 Å². The van der Waals surface area contributed by atoms with Crippen molar-refractivity contribution in [2.24, 2.45) is 11.7 Å². The summed E-state index contributed by atoms with van der Waals surface area (Å²) in [6, 6.07) is 4.63. The fraction of sp³-hybridized carbons (Fsp3) is 0.600. The van der Waals surface area contributed by atoms with Crippen molar-refractivity contribution in [3.05, 3.63) is 23.9 Å². The molecule has 0 spiro atoms. The van der Waals surface area contributed by atoms with Gasteiger partial charge in [0.05, 0.1) is 0 Å². The van der Waals surface area contributed by atoms with E-state index in [-0.39, 0.29) is 0 Å². The molecule has 102 valence electrons. The molecule has 0 radical (unpaired) electrons. The highest BCUT2D eigenvalue weighted by atomic mass is 32.1. The molecule has 3 nitrogen and oxygen atoms in total. The van der Waals surface area contributed by atoms with Gasteiger partial charge in [0, 0.05) is 24.3 Å². The number of aromatic nitrogens is 1. The smallest absolute Gasteiger partial charge is 0.129 e. The fourth-order valence-corrected chi connectivity index (χ4v) is 3.76. The molecule has 3 rings (SSSR count). The van der Waals surface area contributed by atoms with E-state index in [2.05, 4.69) is 16.0 Å². The number of thiocarbonyl (C=S) groups is 1. The molecule has 1 saturated carbocycles. The minimum Gasteiger partial charge on any atom is -0.389 e. The Morgan fingerprint density at radius 3 is 2.89 bits per heavy atom. The van der Waals surface area contributed by atoms with Gasteiger partial charge in [-0.25, -0.2) is 4.98 Å². The predicted molar refractivity (Wildman–Crippen MR) is 82.5 cm³/mol. The molecule has 0 bridgehead atoms. The van der Waals surface area contributed by atoms with Gasteiger partial charge in [-0.2, -0.15) is 0 Å². The maximum atomic E-state index is 5.73. The average Bonchev–Trinajstić information content (AvgIpc) is 2.47. The Labute approximate surface area is 120 Å². The first-order chi connectivity index (χ1) is 9.25. The van der Waals surface area contributed by atoms with Crippen LogP contribution in [0.25, 0.3) is 0 Å². The summed E-state index contributed by atoms with van der Waals surface area (Å²) in [5.74, 6) is 1.92.